The van der Waals surface area contributed by atoms with Crippen molar-refractivity contribution >= 4 is 22.9 Å². The molecule has 110 valence electrons. The van der Waals surface area contributed by atoms with Gasteiger partial charge in [0.25, 0.3) is 5.91 Å². The molecule has 1 aromatic heterocycles. The van der Waals surface area contributed by atoms with Gasteiger partial charge in [-0.05, 0) is 24.1 Å². The summed E-state index contributed by atoms with van der Waals surface area (Å²) in [5.41, 5.74) is 1.78. The minimum absolute atomic E-state index is 0.0327. The average molecular weight is 287 g/mol. The van der Waals surface area contributed by atoms with Crippen molar-refractivity contribution < 1.29 is 14.7 Å². The van der Waals surface area contributed by atoms with Gasteiger partial charge < -0.3 is 10.4 Å². The molecule has 1 unspecified atom stereocenters. The molecule has 0 aliphatic rings. The molecule has 0 saturated carbocycles. The monoisotopic (exact) mass is 287 g/mol. The summed E-state index contributed by atoms with van der Waals surface area (Å²) in [6.07, 6.45) is 3.05. The summed E-state index contributed by atoms with van der Waals surface area (Å²) in [5, 5.41) is 11.6. The van der Waals surface area contributed by atoms with Crippen LogP contribution in [0, 0.1) is 5.92 Å². The summed E-state index contributed by atoms with van der Waals surface area (Å²) in [7, 11) is 0. The summed E-state index contributed by atoms with van der Waals surface area (Å²) in [5.74, 6) is -1.20. The third-order valence-corrected chi connectivity index (χ3v) is 3.25. The smallest absolute Gasteiger partial charge is 0.305 e. The lowest BCUT2D eigenvalue weighted by Gasteiger charge is -2.20. The Labute approximate surface area is 122 Å². The van der Waals surface area contributed by atoms with E-state index in [1.165, 1.54) is 0 Å². The number of nitrogens with one attached hydrogen (secondary N) is 1. The van der Waals surface area contributed by atoms with Crippen LogP contribution in [0.1, 0.15) is 30.6 Å². The molecule has 6 heteroatoms. The number of carbonyl (C=O) groups is 2. The molecule has 6 nitrogen and oxygen atoms in total. The van der Waals surface area contributed by atoms with E-state index < -0.39 is 12.0 Å². The number of rotatable bonds is 5. The molecular formula is C15H17N3O3. The van der Waals surface area contributed by atoms with E-state index in [1.54, 1.807) is 30.6 Å². The van der Waals surface area contributed by atoms with E-state index >= 15 is 0 Å². The van der Waals surface area contributed by atoms with Gasteiger partial charge in [0, 0.05) is 24.0 Å². The van der Waals surface area contributed by atoms with Crippen molar-refractivity contribution in [2.45, 2.75) is 26.3 Å². The quantitative estimate of drug-likeness (QED) is 0.875. The molecule has 1 heterocycles. The molecule has 21 heavy (non-hydrogen) atoms. The molecule has 1 amide bonds. The van der Waals surface area contributed by atoms with Gasteiger partial charge in [-0.2, -0.15) is 0 Å². The number of hydrogen-bond acceptors (Lipinski definition) is 4. The van der Waals surface area contributed by atoms with Gasteiger partial charge in [-0.3, -0.25) is 19.6 Å². The van der Waals surface area contributed by atoms with E-state index in [4.69, 9.17) is 5.11 Å². The normalized spacial score (nSPS) is 12.3. The summed E-state index contributed by atoms with van der Waals surface area (Å²) < 4.78 is 0. The van der Waals surface area contributed by atoms with E-state index in [0.717, 1.165) is 0 Å². The third kappa shape index (κ3) is 3.75. The van der Waals surface area contributed by atoms with Crippen LogP contribution in [0.4, 0.5) is 0 Å². The van der Waals surface area contributed by atoms with Crippen LogP contribution in [0.15, 0.2) is 30.6 Å². The summed E-state index contributed by atoms with van der Waals surface area (Å²) in [6, 6.07) is 4.62. The Bertz CT molecular complexity index is 670. The highest BCUT2D eigenvalue weighted by molar-refractivity contribution is 5.97. The second-order valence-corrected chi connectivity index (χ2v) is 5.18. The maximum atomic E-state index is 12.2. The first-order valence-electron chi connectivity index (χ1n) is 6.71. The van der Waals surface area contributed by atoms with E-state index in [2.05, 4.69) is 15.3 Å². The van der Waals surface area contributed by atoms with Crippen molar-refractivity contribution in [1.29, 1.82) is 0 Å². The Kier molecular flexibility index (Phi) is 4.47. The molecule has 1 atom stereocenters. The number of hydrogen-bond donors (Lipinski definition) is 2. The van der Waals surface area contributed by atoms with Gasteiger partial charge >= 0.3 is 5.97 Å². The zero-order valence-electron chi connectivity index (χ0n) is 11.9. The average Bonchev–Trinajstić information content (AvgIpc) is 2.45. The van der Waals surface area contributed by atoms with Gasteiger partial charge in [0.05, 0.1) is 17.5 Å². The van der Waals surface area contributed by atoms with Crippen molar-refractivity contribution in [3.63, 3.8) is 0 Å². The van der Waals surface area contributed by atoms with Crippen LogP contribution in [-0.4, -0.2) is 33.0 Å². The predicted octanol–water partition coefficient (Wildman–Crippen LogP) is 1.86. The summed E-state index contributed by atoms with van der Waals surface area (Å²) >= 11 is 0. The van der Waals surface area contributed by atoms with Crippen molar-refractivity contribution in [2.75, 3.05) is 0 Å². The number of nitrogens with zero attached hydrogens (tertiary/aromatic N) is 2. The van der Waals surface area contributed by atoms with Gasteiger partial charge in [0.1, 0.15) is 0 Å². The van der Waals surface area contributed by atoms with Crippen molar-refractivity contribution in [2.24, 2.45) is 5.92 Å². The predicted molar refractivity (Wildman–Crippen MR) is 77.9 cm³/mol. The van der Waals surface area contributed by atoms with Crippen LogP contribution in [0.25, 0.3) is 11.0 Å². The molecule has 2 aromatic rings. The molecule has 1 aromatic carbocycles. The molecule has 0 fully saturated rings. The van der Waals surface area contributed by atoms with E-state index in [-0.39, 0.29) is 18.2 Å². The highest BCUT2D eigenvalue weighted by Crippen LogP contribution is 2.12. The Balaban J connectivity index is 2.18. The van der Waals surface area contributed by atoms with Gasteiger partial charge in [0.15, 0.2) is 0 Å². The molecule has 2 N–H and O–H groups in total. The lowest BCUT2D eigenvalue weighted by Crippen LogP contribution is -2.40. The largest absolute Gasteiger partial charge is 0.481 e. The lowest BCUT2D eigenvalue weighted by molar-refractivity contribution is -0.137. The summed E-state index contributed by atoms with van der Waals surface area (Å²) in [4.78, 5) is 31.4. The Hall–Kier alpha value is -2.50. The lowest BCUT2D eigenvalue weighted by atomic mass is 10.0. The van der Waals surface area contributed by atoms with Crippen LogP contribution in [0.3, 0.4) is 0 Å². The van der Waals surface area contributed by atoms with Crippen LogP contribution in [-0.2, 0) is 4.79 Å². The van der Waals surface area contributed by atoms with Crippen LogP contribution >= 0.6 is 0 Å². The maximum absolute atomic E-state index is 12.2. The number of carbonyl (C=O) groups excluding carboxylic acids is 1. The highest BCUT2D eigenvalue weighted by atomic mass is 16.4. The number of aliphatic carboxylic acids is 1. The minimum atomic E-state index is -0.932. The fourth-order valence-corrected chi connectivity index (χ4v) is 2.00. The number of carboxylic acid groups (broad SMARTS) is 1. The minimum Gasteiger partial charge on any atom is -0.481 e. The van der Waals surface area contributed by atoms with Gasteiger partial charge in [0.2, 0.25) is 0 Å². The summed E-state index contributed by atoms with van der Waals surface area (Å²) in [6.45, 7) is 3.75. The molecule has 0 aliphatic carbocycles. The number of fused-ring (bicyclic) bond motifs is 1. The highest BCUT2D eigenvalue weighted by Gasteiger charge is 2.20. The van der Waals surface area contributed by atoms with Gasteiger partial charge in [-0.15, -0.1) is 0 Å². The first-order valence-corrected chi connectivity index (χ1v) is 6.71. The first kappa shape index (κ1) is 14.9. The van der Waals surface area contributed by atoms with E-state index in [9.17, 15) is 9.59 Å². The first-order chi connectivity index (χ1) is 9.97. The van der Waals surface area contributed by atoms with Gasteiger partial charge in [-0.25, -0.2) is 0 Å². The Morgan fingerprint density at radius 1 is 1.19 bits per heavy atom. The molecule has 2 rings (SSSR count). The SMILES string of the molecule is CC(C)C(CC(=O)O)NC(=O)c1ccc2nccnc2c1. The van der Waals surface area contributed by atoms with Crippen LogP contribution in [0.2, 0.25) is 0 Å². The molecule has 0 radical (unpaired) electrons. The number of aromatic nitrogens is 2. The van der Waals surface area contributed by atoms with E-state index in [0.29, 0.717) is 16.6 Å². The number of carboxylic acids is 1. The molecule has 0 saturated heterocycles. The van der Waals surface area contributed by atoms with Crippen molar-refractivity contribution in [3.05, 3.63) is 36.2 Å². The van der Waals surface area contributed by atoms with E-state index in [1.807, 2.05) is 13.8 Å². The second kappa shape index (κ2) is 6.30. The molecule has 0 bridgehead atoms. The Morgan fingerprint density at radius 2 is 1.86 bits per heavy atom. The number of benzene rings is 1. The topological polar surface area (TPSA) is 92.2 Å². The van der Waals surface area contributed by atoms with Crippen LogP contribution < -0.4 is 5.32 Å². The zero-order valence-corrected chi connectivity index (χ0v) is 11.9. The molecule has 0 spiro atoms. The molecule has 0 aliphatic heterocycles. The standard InChI is InChI=1S/C15H17N3O3/c1-9(2)12(8-14(19)20)18-15(21)10-3-4-11-13(7-10)17-6-5-16-11/h3-7,9,12H,8H2,1-2H3,(H,18,21)(H,19,20). The molecular weight excluding hydrogens is 270 g/mol. The zero-order chi connectivity index (χ0) is 15.4. The number of amides is 1. The van der Waals surface area contributed by atoms with Crippen molar-refractivity contribution in [1.82, 2.24) is 15.3 Å². The van der Waals surface area contributed by atoms with Gasteiger partial charge in [-0.1, -0.05) is 13.8 Å². The van der Waals surface area contributed by atoms with Crippen LogP contribution in [0.5, 0.6) is 0 Å². The van der Waals surface area contributed by atoms with Crippen molar-refractivity contribution in [3.8, 4) is 0 Å². The second-order valence-electron chi connectivity index (χ2n) is 5.18. The fraction of sp³-hybridized carbons (Fsp3) is 0.333. The Morgan fingerprint density at radius 3 is 2.48 bits per heavy atom. The maximum Gasteiger partial charge on any atom is 0.305 e. The fourth-order valence-electron chi connectivity index (χ4n) is 2.00. The third-order valence-electron chi connectivity index (χ3n) is 3.25.